The largest absolute Gasteiger partial charge is 0.489 e. The Kier molecular flexibility index (Phi) is 16.0. The van der Waals surface area contributed by atoms with Gasteiger partial charge in [0.25, 0.3) is 11.8 Å². The lowest BCUT2D eigenvalue weighted by atomic mass is 9.97. The summed E-state index contributed by atoms with van der Waals surface area (Å²) in [4.78, 5) is 68.1. The fourth-order valence-corrected chi connectivity index (χ4v) is 4.52. The minimum Gasteiger partial charge on any atom is -0.489 e. The van der Waals surface area contributed by atoms with Crippen molar-refractivity contribution in [2.75, 3.05) is 6.54 Å². The molecule has 0 spiro atoms. The molecule has 3 unspecified atom stereocenters. The highest BCUT2D eigenvalue weighted by Gasteiger charge is 2.30. The number of aliphatic imine (C=N–C) groups is 1. The third-order valence-corrected chi connectivity index (χ3v) is 7.49. The molecule has 3 aromatic carbocycles. The zero-order valence-electron chi connectivity index (χ0n) is 28.5. The summed E-state index contributed by atoms with van der Waals surface area (Å²) in [5, 5.41) is 5.20. The maximum atomic E-state index is 13.4. The van der Waals surface area contributed by atoms with Gasteiger partial charge in [0.15, 0.2) is 5.96 Å². The summed E-state index contributed by atoms with van der Waals surface area (Å²) in [6, 6.07) is 21.7. The zero-order valence-corrected chi connectivity index (χ0v) is 28.5. The number of alkyl carbamates (subject to hydrolysis) is 1. The van der Waals surface area contributed by atoms with Gasteiger partial charge in [-0.3, -0.25) is 30.2 Å². The lowest BCUT2D eigenvalue weighted by molar-refractivity contribution is -0.131. The first-order valence-electron chi connectivity index (χ1n) is 16.3. The summed E-state index contributed by atoms with van der Waals surface area (Å²) >= 11 is 0. The van der Waals surface area contributed by atoms with Crippen molar-refractivity contribution < 1.29 is 33.4 Å². The van der Waals surface area contributed by atoms with Crippen molar-refractivity contribution in [3.63, 3.8) is 0 Å². The molecular weight excluding hydrogens is 658 g/mol. The van der Waals surface area contributed by atoms with Crippen LogP contribution < -0.4 is 48.5 Å². The van der Waals surface area contributed by atoms with E-state index in [4.69, 9.17) is 20.9 Å². The number of ether oxygens (including phenoxy) is 2. The second kappa shape index (κ2) is 20.9. The average Bonchev–Trinajstić information content (AvgIpc) is 3.14. The van der Waals surface area contributed by atoms with Gasteiger partial charge < -0.3 is 31.6 Å². The molecule has 0 aliphatic rings. The topological polar surface area (TPSA) is 240 Å². The Morgan fingerprint density at radius 2 is 1.41 bits per heavy atom. The van der Waals surface area contributed by atoms with Crippen LogP contribution in [0.15, 0.2) is 89.9 Å². The Morgan fingerprint density at radius 3 is 2.06 bits per heavy atom. The van der Waals surface area contributed by atoms with Gasteiger partial charge in [0, 0.05) is 12.1 Å². The number of benzene rings is 3. The molecule has 0 radical (unpaired) electrons. The van der Waals surface area contributed by atoms with Gasteiger partial charge >= 0.3 is 12.1 Å². The van der Waals surface area contributed by atoms with Crippen LogP contribution in [-0.2, 0) is 27.5 Å². The van der Waals surface area contributed by atoms with Crippen molar-refractivity contribution in [2.24, 2.45) is 22.4 Å². The van der Waals surface area contributed by atoms with E-state index < -0.39 is 41.9 Å². The standard InChI is InChI=1S/C35H45N9O7/c1-3-23(2)29(40-31(46)28(18-11-19-38-33(36)37)39-35(49)51-22-25-14-8-5-9-15-25)32(47)42-44-34(48)43-41-30(45)26-16-10-17-27(20-26)50-21-24-12-6-4-7-13-24/h4-10,12-17,20,23,28-29H,3,11,18-19,21-22H2,1-2H3,(H,39,49)(H,40,46)(H,41,45)(H,42,47)(H4,36,37,38)(H2,43,44,48). The Labute approximate surface area is 296 Å². The first-order valence-corrected chi connectivity index (χ1v) is 16.3. The Hall–Kier alpha value is -6.32. The minimum absolute atomic E-state index is 0.0172. The highest BCUT2D eigenvalue weighted by atomic mass is 16.5. The number of urea groups is 1. The smallest absolute Gasteiger partial charge is 0.408 e. The molecule has 0 aromatic heterocycles. The zero-order chi connectivity index (χ0) is 37.0. The summed E-state index contributed by atoms with van der Waals surface area (Å²) in [6.45, 7) is 4.04. The van der Waals surface area contributed by atoms with E-state index in [2.05, 4.69) is 37.3 Å². The maximum absolute atomic E-state index is 13.4. The van der Waals surface area contributed by atoms with Crippen LogP contribution in [0.5, 0.6) is 5.75 Å². The van der Waals surface area contributed by atoms with Gasteiger partial charge in [0.05, 0.1) is 0 Å². The Bertz CT molecular complexity index is 1620. The first kappa shape index (κ1) is 39.1. The van der Waals surface area contributed by atoms with Crippen molar-refractivity contribution in [3.05, 3.63) is 102 Å². The fraction of sp³-hybridized carbons (Fsp3) is 0.314. The number of nitrogens with zero attached hydrogens (tertiary/aromatic N) is 1. The Balaban J connectivity index is 1.53. The van der Waals surface area contributed by atoms with Crippen molar-refractivity contribution in [2.45, 2.75) is 58.4 Å². The predicted molar refractivity (Wildman–Crippen MR) is 189 cm³/mol. The molecule has 16 heteroatoms. The number of hydrazine groups is 2. The lowest BCUT2D eigenvalue weighted by Crippen LogP contribution is -2.59. The molecule has 0 saturated carbocycles. The highest BCUT2D eigenvalue weighted by molar-refractivity contribution is 5.96. The molecule has 0 saturated heterocycles. The van der Waals surface area contributed by atoms with E-state index in [0.29, 0.717) is 25.2 Å². The molecule has 6 amide bonds. The quantitative estimate of drug-likeness (QED) is 0.0471. The number of guanidine groups is 1. The summed E-state index contributed by atoms with van der Waals surface area (Å²) in [5.74, 6) is -2.09. The molecule has 3 rings (SSSR count). The van der Waals surface area contributed by atoms with Crippen LogP contribution in [0.4, 0.5) is 9.59 Å². The molecule has 0 heterocycles. The normalized spacial score (nSPS) is 12.1. The maximum Gasteiger partial charge on any atom is 0.408 e. The molecule has 3 aromatic rings. The number of hydrogen-bond acceptors (Lipinski definition) is 8. The van der Waals surface area contributed by atoms with Crippen LogP contribution in [0, 0.1) is 5.92 Å². The SMILES string of the molecule is CCC(C)C(NC(=O)C(CCCN=C(N)N)NC(=O)OCc1ccccc1)C(=O)NNC(=O)NNC(=O)c1cccc(OCc2ccccc2)c1. The molecule has 0 aliphatic carbocycles. The monoisotopic (exact) mass is 703 g/mol. The van der Waals surface area contributed by atoms with Gasteiger partial charge in [-0.25, -0.2) is 20.4 Å². The van der Waals surface area contributed by atoms with Crippen molar-refractivity contribution in [1.29, 1.82) is 0 Å². The fourth-order valence-electron chi connectivity index (χ4n) is 4.52. The van der Waals surface area contributed by atoms with Crippen molar-refractivity contribution in [3.8, 4) is 5.75 Å². The summed E-state index contributed by atoms with van der Waals surface area (Å²) in [5.41, 5.74) is 21.5. The van der Waals surface area contributed by atoms with E-state index in [-0.39, 0.29) is 37.0 Å². The molecule has 0 fully saturated rings. The molecule has 0 bridgehead atoms. The van der Waals surface area contributed by atoms with Gasteiger partial charge in [-0.05, 0) is 48.1 Å². The third-order valence-electron chi connectivity index (χ3n) is 7.49. The molecule has 3 atom stereocenters. The van der Waals surface area contributed by atoms with Crippen LogP contribution in [0.1, 0.15) is 54.6 Å². The first-order chi connectivity index (χ1) is 24.5. The molecule has 51 heavy (non-hydrogen) atoms. The van der Waals surface area contributed by atoms with Crippen LogP contribution in [-0.4, -0.2) is 54.4 Å². The summed E-state index contributed by atoms with van der Waals surface area (Å²) in [7, 11) is 0. The molecular formula is C35H45N9O7. The van der Waals surface area contributed by atoms with Crippen LogP contribution in [0.2, 0.25) is 0 Å². The number of carbonyl (C=O) groups is 5. The van der Waals surface area contributed by atoms with E-state index in [1.54, 1.807) is 43.3 Å². The van der Waals surface area contributed by atoms with E-state index in [1.165, 1.54) is 12.1 Å². The van der Waals surface area contributed by atoms with Gasteiger partial charge in [0.2, 0.25) is 5.91 Å². The van der Waals surface area contributed by atoms with Crippen LogP contribution >= 0.6 is 0 Å². The van der Waals surface area contributed by atoms with Crippen LogP contribution in [0.25, 0.3) is 0 Å². The van der Waals surface area contributed by atoms with E-state index in [0.717, 1.165) is 11.1 Å². The van der Waals surface area contributed by atoms with E-state index in [1.807, 2.05) is 43.3 Å². The second-order valence-corrected chi connectivity index (χ2v) is 11.4. The highest BCUT2D eigenvalue weighted by Crippen LogP contribution is 2.15. The number of carbonyl (C=O) groups excluding carboxylic acids is 5. The number of amides is 6. The molecule has 10 N–H and O–H groups in total. The summed E-state index contributed by atoms with van der Waals surface area (Å²) < 4.78 is 11.0. The third kappa shape index (κ3) is 14.4. The molecule has 272 valence electrons. The van der Waals surface area contributed by atoms with E-state index in [9.17, 15) is 24.0 Å². The Morgan fingerprint density at radius 1 is 0.765 bits per heavy atom. The number of nitrogens with one attached hydrogen (secondary N) is 6. The van der Waals surface area contributed by atoms with Crippen molar-refractivity contribution in [1.82, 2.24) is 32.3 Å². The molecule has 16 nitrogen and oxygen atoms in total. The summed E-state index contributed by atoms with van der Waals surface area (Å²) in [6.07, 6.45) is 0.0990. The van der Waals surface area contributed by atoms with Gasteiger partial charge in [0.1, 0.15) is 31.0 Å². The van der Waals surface area contributed by atoms with Crippen LogP contribution in [0.3, 0.4) is 0 Å². The number of nitrogens with two attached hydrogens (primary N) is 2. The van der Waals surface area contributed by atoms with Gasteiger partial charge in [-0.15, -0.1) is 0 Å². The van der Waals surface area contributed by atoms with Gasteiger partial charge in [-0.2, -0.15) is 0 Å². The molecule has 0 aliphatic heterocycles. The number of rotatable bonds is 16. The second-order valence-electron chi connectivity index (χ2n) is 11.4. The van der Waals surface area contributed by atoms with Gasteiger partial charge in [-0.1, -0.05) is 87.0 Å². The lowest BCUT2D eigenvalue weighted by Gasteiger charge is -2.26. The predicted octanol–water partition coefficient (Wildman–Crippen LogP) is 2.12. The van der Waals surface area contributed by atoms with Crippen molar-refractivity contribution >= 4 is 35.8 Å². The minimum atomic E-state index is -1.11. The average molecular weight is 704 g/mol. The number of hydrogen-bond donors (Lipinski definition) is 8. The van der Waals surface area contributed by atoms with E-state index >= 15 is 0 Å².